The fourth-order valence-electron chi connectivity index (χ4n) is 1.92. The van der Waals surface area contributed by atoms with E-state index in [2.05, 4.69) is 5.32 Å². The molecule has 1 aliphatic rings. The van der Waals surface area contributed by atoms with E-state index in [1.807, 2.05) is 17.5 Å². The van der Waals surface area contributed by atoms with Gasteiger partial charge in [0.2, 0.25) is 11.8 Å². The van der Waals surface area contributed by atoms with Crippen molar-refractivity contribution in [2.24, 2.45) is 0 Å². The van der Waals surface area contributed by atoms with Gasteiger partial charge >= 0.3 is 0 Å². The highest BCUT2D eigenvalue weighted by Crippen LogP contribution is 2.21. The SMILES string of the molecule is CC1C(=O)NC(C)(C)C(=O)N1Cc1cccs1. The largest absolute Gasteiger partial charge is 0.340 e. The maximum absolute atomic E-state index is 12.2. The molecule has 1 unspecified atom stereocenters. The number of amides is 2. The number of carbonyl (C=O) groups excluding carboxylic acids is 2. The summed E-state index contributed by atoms with van der Waals surface area (Å²) in [6, 6.07) is 3.52. The topological polar surface area (TPSA) is 49.4 Å². The van der Waals surface area contributed by atoms with E-state index < -0.39 is 11.6 Å². The Balaban J connectivity index is 2.23. The number of carbonyl (C=O) groups is 2. The third-order valence-electron chi connectivity index (χ3n) is 2.98. The molecule has 92 valence electrons. The molecule has 2 amide bonds. The van der Waals surface area contributed by atoms with Crippen LogP contribution in [0.1, 0.15) is 25.6 Å². The average Bonchev–Trinajstić information content (AvgIpc) is 2.74. The molecule has 1 aromatic rings. The zero-order chi connectivity index (χ0) is 12.6. The summed E-state index contributed by atoms with van der Waals surface area (Å²) in [6.45, 7) is 5.74. The molecule has 0 bridgehead atoms. The Labute approximate surface area is 105 Å². The molecule has 2 rings (SSSR count). The minimum absolute atomic E-state index is 0.0296. The lowest BCUT2D eigenvalue weighted by Gasteiger charge is -2.41. The molecule has 0 spiro atoms. The molecule has 5 heteroatoms. The zero-order valence-electron chi connectivity index (χ0n) is 10.2. The Morgan fingerprint density at radius 1 is 1.47 bits per heavy atom. The van der Waals surface area contributed by atoms with E-state index in [1.54, 1.807) is 37.0 Å². The van der Waals surface area contributed by atoms with Crippen LogP contribution in [0.4, 0.5) is 0 Å². The number of hydrogen-bond donors (Lipinski definition) is 1. The molecule has 1 N–H and O–H groups in total. The Morgan fingerprint density at radius 3 is 2.76 bits per heavy atom. The Bertz CT molecular complexity index is 439. The standard InChI is InChI=1S/C12H16N2O2S/c1-8-10(15)13-12(2,3)11(16)14(8)7-9-5-4-6-17-9/h4-6,8H,7H2,1-3H3,(H,13,15). The van der Waals surface area contributed by atoms with Crippen molar-refractivity contribution in [1.82, 2.24) is 10.2 Å². The molecule has 1 aliphatic heterocycles. The smallest absolute Gasteiger partial charge is 0.248 e. The van der Waals surface area contributed by atoms with Crippen LogP contribution >= 0.6 is 11.3 Å². The first-order valence-corrected chi connectivity index (χ1v) is 6.45. The molecular formula is C12H16N2O2S. The van der Waals surface area contributed by atoms with Gasteiger partial charge in [-0.2, -0.15) is 0 Å². The highest BCUT2D eigenvalue weighted by atomic mass is 32.1. The summed E-state index contributed by atoms with van der Waals surface area (Å²) in [6.07, 6.45) is 0. The molecule has 1 atom stereocenters. The first kappa shape index (κ1) is 12.1. The van der Waals surface area contributed by atoms with E-state index in [1.165, 1.54) is 0 Å². The summed E-state index contributed by atoms with van der Waals surface area (Å²) >= 11 is 1.60. The van der Waals surface area contributed by atoms with Crippen molar-refractivity contribution < 1.29 is 9.59 Å². The summed E-state index contributed by atoms with van der Waals surface area (Å²) in [5.74, 6) is -0.121. The van der Waals surface area contributed by atoms with Gasteiger partial charge in [-0.1, -0.05) is 6.07 Å². The molecule has 0 aromatic carbocycles. The summed E-state index contributed by atoms with van der Waals surface area (Å²) in [5, 5.41) is 4.71. The van der Waals surface area contributed by atoms with E-state index in [0.29, 0.717) is 6.54 Å². The lowest BCUT2D eigenvalue weighted by Crippen LogP contribution is -2.66. The van der Waals surface area contributed by atoms with Crippen LogP contribution in [0, 0.1) is 0 Å². The first-order valence-electron chi connectivity index (χ1n) is 5.57. The first-order chi connectivity index (χ1) is 7.92. The van der Waals surface area contributed by atoms with Crippen molar-refractivity contribution in [2.45, 2.75) is 38.9 Å². The van der Waals surface area contributed by atoms with Gasteiger partial charge < -0.3 is 10.2 Å². The van der Waals surface area contributed by atoms with Gasteiger partial charge in [0, 0.05) is 4.88 Å². The highest BCUT2D eigenvalue weighted by Gasteiger charge is 2.43. The minimum atomic E-state index is -0.805. The maximum atomic E-state index is 12.2. The molecule has 4 nitrogen and oxygen atoms in total. The van der Waals surface area contributed by atoms with Crippen LogP contribution < -0.4 is 5.32 Å². The predicted molar refractivity (Wildman–Crippen MR) is 66.6 cm³/mol. The lowest BCUT2D eigenvalue weighted by atomic mass is 9.97. The van der Waals surface area contributed by atoms with Gasteiger partial charge in [0.1, 0.15) is 11.6 Å². The molecule has 1 saturated heterocycles. The molecule has 1 aromatic heterocycles. The van der Waals surface area contributed by atoms with Crippen LogP contribution in [-0.2, 0) is 16.1 Å². The Hall–Kier alpha value is -1.36. The van der Waals surface area contributed by atoms with E-state index in [4.69, 9.17) is 0 Å². The van der Waals surface area contributed by atoms with Crippen molar-refractivity contribution in [3.8, 4) is 0 Å². The van der Waals surface area contributed by atoms with Gasteiger partial charge in [-0.15, -0.1) is 11.3 Å². The second-order valence-corrected chi connectivity index (χ2v) is 5.83. The monoisotopic (exact) mass is 252 g/mol. The molecule has 1 fully saturated rings. The Morgan fingerprint density at radius 2 is 2.18 bits per heavy atom. The van der Waals surface area contributed by atoms with Crippen molar-refractivity contribution in [3.63, 3.8) is 0 Å². The van der Waals surface area contributed by atoms with Crippen LogP contribution in [0.3, 0.4) is 0 Å². The number of hydrogen-bond acceptors (Lipinski definition) is 3. The van der Waals surface area contributed by atoms with Gasteiger partial charge in [-0.25, -0.2) is 0 Å². The van der Waals surface area contributed by atoms with Crippen molar-refractivity contribution in [3.05, 3.63) is 22.4 Å². The minimum Gasteiger partial charge on any atom is -0.340 e. The van der Waals surface area contributed by atoms with Gasteiger partial charge in [-0.05, 0) is 32.2 Å². The highest BCUT2D eigenvalue weighted by molar-refractivity contribution is 7.09. The maximum Gasteiger partial charge on any atom is 0.248 e. The van der Waals surface area contributed by atoms with Gasteiger partial charge in [0.25, 0.3) is 0 Å². The number of rotatable bonds is 2. The van der Waals surface area contributed by atoms with Crippen LogP contribution in [0.15, 0.2) is 17.5 Å². The molecular weight excluding hydrogens is 236 g/mol. The van der Waals surface area contributed by atoms with E-state index >= 15 is 0 Å². The van der Waals surface area contributed by atoms with Gasteiger partial charge in [-0.3, -0.25) is 9.59 Å². The van der Waals surface area contributed by atoms with Gasteiger partial charge in [0.15, 0.2) is 0 Å². The van der Waals surface area contributed by atoms with Crippen molar-refractivity contribution in [2.75, 3.05) is 0 Å². The van der Waals surface area contributed by atoms with Crippen LogP contribution in [0.5, 0.6) is 0 Å². The number of piperazine rings is 1. The van der Waals surface area contributed by atoms with Crippen molar-refractivity contribution >= 4 is 23.2 Å². The van der Waals surface area contributed by atoms with Crippen LogP contribution in [-0.4, -0.2) is 28.3 Å². The van der Waals surface area contributed by atoms with E-state index in [9.17, 15) is 9.59 Å². The van der Waals surface area contributed by atoms with Gasteiger partial charge in [0.05, 0.1) is 6.54 Å². The summed E-state index contributed by atoms with van der Waals surface area (Å²) < 4.78 is 0. The lowest BCUT2D eigenvalue weighted by molar-refractivity contribution is -0.153. The van der Waals surface area contributed by atoms with Crippen molar-refractivity contribution in [1.29, 1.82) is 0 Å². The fraction of sp³-hybridized carbons (Fsp3) is 0.500. The normalized spacial score (nSPS) is 23.7. The number of nitrogens with one attached hydrogen (secondary N) is 1. The molecule has 0 radical (unpaired) electrons. The Kier molecular flexibility index (Phi) is 2.95. The third kappa shape index (κ3) is 2.20. The quantitative estimate of drug-likeness (QED) is 0.864. The van der Waals surface area contributed by atoms with Crippen LogP contribution in [0.25, 0.3) is 0 Å². The molecule has 2 heterocycles. The average molecular weight is 252 g/mol. The summed E-state index contributed by atoms with van der Waals surface area (Å²) in [7, 11) is 0. The van der Waals surface area contributed by atoms with E-state index in [0.717, 1.165) is 4.88 Å². The molecule has 0 saturated carbocycles. The number of thiophene rings is 1. The van der Waals surface area contributed by atoms with E-state index in [-0.39, 0.29) is 11.8 Å². The third-order valence-corrected chi connectivity index (χ3v) is 3.85. The summed E-state index contributed by atoms with van der Waals surface area (Å²) in [4.78, 5) is 26.8. The fourth-order valence-corrected chi connectivity index (χ4v) is 2.62. The second-order valence-electron chi connectivity index (χ2n) is 4.80. The summed E-state index contributed by atoms with van der Waals surface area (Å²) in [5.41, 5.74) is -0.805. The molecule has 0 aliphatic carbocycles. The number of nitrogens with zero attached hydrogens (tertiary/aromatic N) is 1. The second kappa shape index (κ2) is 4.14. The zero-order valence-corrected chi connectivity index (χ0v) is 11.0. The molecule has 17 heavy (non-hydrogen) atoms. The van der Waals surface area contributed by atoms with Crippen LogP contribution in [0.2, 0.25) is 0 Å². The predicted octanol–water partition coefficient (Wildman–Crippen LogP) is 1.37.